The van der Waals surface area contributed by atoms with Gasteiger partial charge in [0.05, 0.1) is 15.4 Å². The van der Waals surface area contributed by atoms with Crippen LogP contribution < -0.4 is 11.1 Å². The molecular formula is C15H22N2OS2. The van der Waals surface area contributed by atoms with Crippen molar-refractivity contribution in [1.82, 2.24) is 5.32 Å². The fraction of sp³-hybridized carbons (Fsp3) is 0.600. The fourth-order valence-corrected chi connectivity index (χ4v) is 3.91. The van der Waals surface area contributed by atoms with E-state index in [0.29, 0.717) is 4.99 Å². The minimum absolute atomic E-state index is 0.0408. The third kappa shape index (κ3) is 3.20. The number of thiocarbonyl (C=S) groups is 1. The Bertz CT molecular complexity index is 494. The zero-order valence-corrected chi connectivity index (χ0v) is 13.8. The lowest BCUT2D eigenvalue weighted by Gasteiger charge is -2.32. The van der Waals surface area contributed by atoms with Gasteiger partial charge in [-0.15, -0.1) is 11.3 Å². The topological polar surface area (TPSA) is 55.1 Å². The molecule has 5 heteroatoms. The van der Waals surface area contributed by atoms with Gasteiger partial charge in [0.2, 0.25) is 0 Å². The van der Waals surface area contributed by atoms with E-state index < -0.39 is 5.54 Å². The highest BCUT2D eigenvalue weighted by Gasteiger charge is 2.36. The molecule has 0 spiro atoms. The smallest absolute Gasteiger partial charge is 0.262 e. The molecule has 0 unspecified atom stereocenters. The minimum Gasteiger partial charge on any atom is -0.391 e. The lowest BCUT2D eigenvalue weighted by Crippen LogP contribution is -2.56. The molecule has 0 bridgehead atoms. The van der Waals surface area contributed by atoms with Crippen LogP contribution in [-0.4, -0.2) is 16.4 Å². The molecule has 3 N–H and O–H groups in total. The van der Waals surface area contributed by atoms with Crippen LogP contribution in [0.5, 0.6) is 0 Å². The van der Waals surface area contributed by atoms with Crippen molar-refractivity contribution in [1.29, 1.82) is 0 Å². The van der Waals surface area contributed by atoms with Gasteiger partial charge < -0.3 is 11.1 Å². The average molecular weight is 310 g/mol. The van der Waals surface area contributed by atoms with E-state index in [-0.39, 0.29) is 5.91 Å². The first-order valence-electron chi connectivity index (χ1n) is 7.14. The van der Waals surface area contributed by atoms with Crippen LogP contribution in [0.1, 0.15) is 58.6 Å². The zero-order chi connectivity index (χ0) is 14.8. The Morgan fingerprint density at radius 1 is 1.30 bits per heavy atom. The Kier molecular flexibility index (Phi) is 4.81. The number of nitrogens with two attached hydrogens (primary N) is 1. The maximum absolute atomic E-state index is 12.5. The molecule has 0 radical (unpaired) electrons. The maximum atomic E-state index is 12.5. The molecular weight excluding hydrogens is 288 g/mol. The highest BCUT2D eigenvalue weighted by Crippen LogP contribution is 2.29. The molecule has 110 valence electrons. The van der Waals surface area contributed by atoms with Gasteiger partial charge in [-0.25, -0.2) is 0 Å². The zero-order valence-electron chi connectivity index (χ0n) is 12.1. The Labute approximate surface area is 129 Å². The summed E-state index contributed by atoms with van der Waals surface area (Å²) in [5.41, 5.74) is 6.62. The summed E-state index contributed by atoms with van der Waals surface area (Å²) in [6.07, 6.45) is 6.24. The van der Waals surface area contributed by atoms with Gasteiger partial charge >= 0.3 is 0 Å². The van der Waals surface area contributed by atoms with E-state index >= 15 is 0 Å². The van der Waals surface area contributed by atoms with Crippen molar-refractivity contribution in [2.75, 3.05) is 0 Å². The van der Waals surface area contributed by atoms with Gasteiger partial charge in [-0.3, -0.25) is 4.79 Å². The molecule has 1 saturated carbocycles. The number of rotatable bonds is 3. The predicted octanol–water partition coefficient (Wildman–Crippen LogP) is 3.47. The lowest BCUT2D eigenvalue weighted by molar-refractivity contribution is 0.0921. The molecule has 1 aliphatic carbocycles. The van der Waals surface area contributed by atoms with Gasteiger partial charge in [0, 0.05) is 4.88 Å². The number of hydrogen-bond acceptors (Lipinski definition) is 3. The summed E-state index contributed by atoms with van der Waals surface area (Å²) in [7, 11) is 0. The number of nitrogens with one attached hydrogen (secondary N) is 1. The highest BCUT2D eigenvalue weighted by atomic mass is 32.1. The van der Waals surface area contributed by atoms with Gasteiger partial charge in [-0.05, 0) is 38.3 Å². The van der Waals surface area contributed by atoms with Gasteiger partial charge in [0.25, 0.3) is 5.91 Å². The quantitative estimate of drug-likeness (QED) is 0.664. The summed E-state index contributed by atoms with van der Waals surface area (Å²) < 4.78 is 0. The third-order valence-corrected chi connectivity index (χ3v) is 5.71. The standard InChI is InChI=1S/C15H22N2OS2/c1-10-9-12(20-11(10)2)13(18)17-15(14(16)19)7-5-3-4-6-8-15/h9H,3-8H2,1-2H3,(H2,16,19)(H,17,18). The van der Waals surface area contributed by atoms with Crippen LogP contribution >= 0.6 is 23.6 Å². The second kappa shape index (κ2) is 6.22. The van der Waals surface area contributed by atoms with Crippen LogP contribution in [-0.2, 0) is 0 Å². The summed E-state index contributed by atoms with van der Waals surface area (Å²) >= 11 is 6.78. The largest absolute Gasteiger partial charge is 0.391 e. The predicted molar refractivity (Wildman–Crippen MR) is 88.5 cm³/mol. The molecule has 1 aliphatic rings. The van der Waals surface area contributed by atoms with Crippen molar-refractivity contribution < 1.29 is 4.79 Å². The minimum atomic E-state index is -0.491. The third-order valence-electron chi connectivity index (χ3n) is 4.17. The van der Waals surface area contributed by atoms with Crippen LogP contribution in [0, 0.1) is 13.8 Å². The Balaban J connectivity index is 2.19. The lowest BCUT2D eigenvalue weighted by atomic mass is 9.90. The molecule has 1 amide bonds. The van der Waals surface area contributed by atoms with Crippen molar-refractivity contribution in [3.05, 3.63) is 21.4 Å². The molecule has 0 aliphatic heterocycles. The van der Waals surface area contributed by atoms with E-state index in [1.54, 1.807) is 0 Å². The molecule has 0 aromatic carbocycles. The van der Waals surface area contributed by atoms with Crippen LogP contribution in [0.15, 0.2) is 6.07 Å². The first-order valence-corrected chi connectivity index (χ1v) is 8.36. The molecule has 0 saturated heterocycles. The first kappa shape index (κ1) is 15.4. The fourth-order valence-electron chi connectivity index (χ4n) is 2.73. The first-order chi connectivity index (χ1) is 9.44. The number of thiophene rings is 1. The summed E-state index contributed by atoms with van der Waals surface area (Å²) in [4.78, 5) is 14.8. The molecule has 20 heavy (non-hydrogen) atoms. The van der Waals surface area contributed by atoms with Crippen molar-refractivity contribution >= 4 is 34.5 Å². The summed E-state index contributed by atoms with van der Waals surface area (Å²) in [5, 5.41) is 3.13. The number of carbonyl (C=O) groups is 1. The van der Waals surface area contributed by atoms with E-state index in [1.807, 2.05) is 19.9 Å². The Morgan fingerprint density at radius 3 is 2.35 bits per heavy atom. The number of carbonyl (C=O) groups excluding carboxylic acids is 1. The van der Waals surface area contributed by atoms with E-state index in [9.17, 15) is 4.79 Å². The number of aryl methyl sites for hydroxylation is 2. The van der Waals surface area contributed by atoms with Crippen molar-refractivity contribution in [2.45, 2.75) is 57.9 Å². The second-order valence-corrected chi connectivity index (χ2v) is 7.36. The Hall–Kier alpha value is -0.940. The van der Waals surface area contributed by atoms with Gasteiger partial charge in [0.1, 0.15) is 0 Å². The van der Waals surface area contributed by atoms with E-state index in [0.717, 1.165) is 36.1 Å². The highest BCUT2D eigenvalue weighted by molar-refractivity contribution is 7.80. The molecule has 1 heterocycles. The van der Waals surface area contributed by atoms with Crippen molar-refractivity contribution in [2.24, 2.45) is 5.73 Å². The number of amides is 1. The summed E-state index contributed by atoms with van der Waals surface area (Å²) in [6, 6.07) is 1.94. The van der Waals surface area contributed by atoms with Crippen LogP contribution in [0.2, 0.25) is 0 Å². The monoisotopic (exact) mass is 310 g/mol. The molecule has 0 atom stereocenters. The SMILES string of the molecule is Cc1cc(C(=O)NC2(C(N)=S)CCCCCC2)sc1C. The molecule has 2 rings (SSSR count). The van der Waals surface area contributed by atoms with E-state index in [2.05, 4.69) is 5.32 Å². The molecule has 1 aromatic heterocycles. The van der Waals surface area contributed by atoms with Crippen LogP contribution in [0.25, 0.3) is 0 Å². The molecule has 1 aromatic rings. The van der Waals surface area contributed by atoms with Crippen LogP contribution in [0.4, 0.5) is 0 Å². The summed E-state index contributed by atoms with van der Waals surface area (Å²) in [6.45, 7) is 4.06. The molecule has 3 nitrogen and oxygen atoms in total. The van der Waals surface area contributed by atoms with Crippen molar-refractivity contribution in [3.8, 4) is 0 Å². The Morgan fingerprint density at radius 2 is 1.90 bits per heavy atom. The van der Waals surface area contributed by atoms with E-state index in [1.165, 1.54) is 29.1 Å². The maximum Gasteiger partial charge on any atom is 0.262 e. The summed E-state index contributed by atoms with van der Waals surface area (Å²) in [5.74, 6) is -0.0408. The average Bonchev–Trinajstić information content (AvgIpc) is 2.62. The normalized spacial score (nSPS) is 18.3. The van der Waals surface area contributed by atoms with Crippen LogP contribution in [0.3, 0.4) is 0 Å². The number of hydrogen-bond donors (Lipinski definition) is 2. The van der Waals surface area contributed by atoms with E-state index in [4.69, 9.17) is 18.0 Å². The second-order valence-electron chi connectivity index (χ2n) is 5.66. The van der Waals surface area contributed by atoms with Gasteiger partial charge in [0.15, 0.2) is 0 Å². The molecule has 1 fully saturated rings. The van der Waals surface area contributed by atoms with Gasteiger partial charge in [-0.1, -0.05) is 37.9 Å². The van der Waals surface area contributed by atoms with Crippen molar-refractivity contribution in [3.63, 3.8) is 0 Å². The van der Waals surface area contributed by atoms with Gasteiger partial charge in [-0.2, -0.15) is 0 Å².